The molecule has 5 atom stereocenters. The number of esters is 4. The lowest BCUT2D eigenvalue weighted by molar-refractivity contribution is -0.161. The summed E-state index contributed by atoms with van der Waals surface area (Å²) in [4.78, 5) is 71.9. The predicted octanol–water partition coefficient (Wildman–Crippen LogP) is 17.1. The molecule has 0 fully saturated rings. The average Bonchev–Trinajstić information content (AvgIpc) is 3.43. The zero-order valence-corrected chi connectivity index (χ0v) is 54.7. The van der Waals surface area contributed by atoms with Gasteiger partial charge in [-0.3, -0.25) is 37.3 Å². The molecule has 0 spiro atoms. The lowest BCUT2D eigenvalue weighted by atomic mass is 10.0. The minimum Gasteiger partial charge on any atom is -0.462 e. The Balaban J connectivity index is 5.18. The van der Waals surface area contributed by atoms with E-state index in [9.17, 15) is 43.2 Å². The van der Waals surface area contributed by atoms with E-state index in [4.69, 9.17) is 37.0 Å². The van der Waals surface area contributed by atoms with Gasteiger partial charge in [0.15, 0.2) is 12.2 Å². The molecule has 3 N–H and O–H groups in total. The summed E-state index contributed by atoms with van der Waals surface area (Å²) in [5.74, 6) is 0.0540. The molecule has 19 heteroatoms. The van der Waals surface area contributed by atoms with Gasteiger partial charge in [-0.1, -0.05) is 254 Å². The van der Waals surface area contributed by atoms with Crippen LogP contribution < -0.4 is 0 Å². The van der Waals surface area contributed by atoms with Crippen molar-refractivity contribution >= 4 is 39.5 Å². The summed E-state index contributed by atoms with van der Waals surface area (Å²) in [6.45, 7) is 11.6. The van der Waals surface area contributed by atoms with Gasteiger partial charge in [-0.15, -0.1) is 0 Å². The first-order valence-corrected chi connectivity index (χ1v) is 35.8. The van der Waals surface area contributed by atoms with E-state index in [1.54, 1.807) is 0 Å². The number of rotatable bonds is 61. The lowest BCUT2D eigenvalue weighted by Crippen LogP contribution is -2.30. The quantitative estimate of drug-likeness (QED) is 0.0222. The van der Waals surface area contributed by atoms with Crippen LogP contribution in [-0.2, 0) is 65.4 Å². The molecule has 0 rings (SSSR count). The Hall–Kier alpha value is -1.94. The molecule has 17 nitrogen and oxygen atoms in total. The third-order valence-corrected chi connectivity index (χ3v) is 16.3. The molecule has 2 unspecified atom stereocenters. The van der Waals surface area contributed by atoms with Crippen molar-refractivity contribution in [3.05, 3.63) is 0 Å². The van der Waals surface area contributed by atoms with Crippen molar-refractivity contribution in [3.8, 4) is 0 Å². The number of aliphatic hydroxyl groups excluding tert-OH is 1. The Bertz CT molecular complexity index is 1630. The second-order valence-corrected chi connectivity index (χ2v) is 27.1. The highest BCUT2D eigenvalue weighted by molar-refractivity contribution is 7.47. The van der Waals surface area contributed by atoms with Gasteiger partial charge in [-0.25, -0.2) is 9.13 Å². The maximum atomic E-state index is 13.0. The van der Waals surface area contributed by atoms with Gasteiger partial charge in [0.25, 0.3) is 0 Å². The van der Waals surface area contributed by atoms with E-state index in [-0.39, 0.29) is 25.7 Å². The SMILES string of the molecule is CCCCCCCC(=O)OC[C@H](COP(=O)(O)OC[C@H](O)COP(=O)(O)OC[C@@H](COC(=O)CCCCCCCCCCCCC(C)C)OC(=O)CCCCCCCCCCCCCCC(C)C)OC(=O)CCCCCCCCC(C)C. The number of hydrogen-bond donors (Lipinski definition) is 3. The summed E-state index contributed by atoms with van der Waals surface area (Å²) in [7, 11) is -9.88. The molecule has 0 aliphatic carbocycles. The lowest BCUT2D eigenvalue weighted by Gasteiger charge is -2.21. The van der Waals surface area contributed by atoms with Crippen LogP contribution >= 0.6 is 15.6 Å². The first-order chi connectivity index (χ1) is 39.2. The number of unbranched alkanes of at least 4 members (excludes halogenated alkanes) is 29. The number of carbonyl (C=O) groups excluding carboxylic acids is 4. The number of ether oxygens (including phenoxy) is 4. The van der Waals surface area contributed by atoms with E-state index in [2.05, 4.69) is 48.5 Å². The fourth-order valence-corrected chi connectivity index (χ4v) is 10.9. The van der Waals surface area contributed by atoms with E-state index in [1.807, 2.05) is 0 Å². The van der Waals surface area contributed by atoms with Crippen molar-refractivity contribution in [3.63, 3.8) is 0 Å². The van der Waals surface area contributed by atoms with E-state index < -0.39 is 97.5 Å². The average molecular weight is 1210 g/mol. The number of phosphoric ester groups is 2. The number of phosphoric acid groups is 2. The molecule has 0 aromatic heterocycles. The van der Waals surface area contributed by atoms with Crippen LogP contribution in [0.1, 0.15) is 305 Å². The van der Waals surface area contributed by atoms with Crippen LogP contribution in [0.5, 0.6) is 0 Å². The Kier molecular flexibility index (Phi) is 53.2. The molecule has 82 heavy (non-hydrogen) atoms. The minimum atomic E-state index is -4.94. The summed E-state index contributed by atoms with van der Waals surface area (Å²) in [5.41, 5.74) is 0. The smallest absolute Gasteiger partial charge is 0.462 e. The molecule has 0 amide bonds. The zero-order valence-electron chi connectivity index (χ0n) is 52.9. The van der Waals surface area contributed by atoms with E-state index in [0.29, 0.717) is 31.6 Å². The van der Waals surface area contributed by atoms with Gasteiger partial charge in [-0.2, -0.15) is 0 Å². The summed E-state index contributed by atoms with van der Waals surface area (Å²) < 4.78 is 67.7. The number of hydrogen-bond acceptors (Lipinski definition) is 15. The van der Waals surface area contributed by atoms with Gasteiger partial charge in [0, 0.05) is 25.7 Å². The fourth-order valence-electron chi connectivity index (χ4n) is 9.30. The van der Waals surface area contributed by atoms with Crippen molar-refractivity contribution in [1.82, 2.24) is 0 Å². The fraction of sp³-hybridized carbons (Fsp3) is 0.937. The largest absolute Gasteiger partial charge is 0.472 e. The van der Waals surface area contributed by atoms with Gasteiger partial charge in [0.1, 0.15) is 19.3 Å². The highest BCUT2D eigenvalue weighted by atomic mass is 31.2. The summed E-state index contributed by atoms with van der Waals surface area (Å²) in [6, 6.07) is 0. The third kappa shape index (κ3) is 57.2. The first-order valence-electron chi connectivity index (χ1n) is 32.8. The van der Waals surface area contributed by atoms with Crippen LogP contribution in [0.2, 0.25) is 0 Å². The van der Waals surface area contributed by atoms with E-state index in [0.717, 1.165) is 108 Å². The summed E-state index contributed by atoms with van der Waals surface area (Å²) >= 11 is 0. The van der Waals surface area contributed by atoms with E-state index in [1.165, 1.54) is 109 Å². The molecule has 486 valence electrons. The molecule has 0 heterocycles. The van der Waals surface area contributed by atoms with Gasteiger partial charge in [0.2, 0.25) is 0 Å². The molecule has 0 bridgehead atoms. The van der Waals surface area contributed by atoms with Crippen molar-refractivity contribution < 1.29 is 80.2 Å². The Morgan fingerprint density at radius 3 is 0.829 bits per heavy atom. The zero-order chi connectivity index (χ0) is 61.0. The van der Waals surface area contributed by atoms with Gasteiger partial charge < -0.3 is 33.8 Å². The Morgan fingerprint density at radius 2 is 0.561 bits per heavy atom. The topological polar surface area (TPSA) is 237 Å². The number of aliphatic hydroxyl groups is 1. The van der Waals surface area contributed by atoms with Gasteiger partial charge in [-0.05, 0) is 43.4 Å². The molecular formula is C63H122O17P2. The molecule has 0 radical (unpaired) electrons. The third-order valence-electron chi connectivity index (χ3n) is 14.4. The highest BCUT2D eigenvalue weighted by Gasteiger charge is 2.30. The predicted molar refractivity (Wildman–Crippen MR) is 326 cm³/mol. The molecular weight excluding hydrogens is 1090 g/mol. The normalized spacial score (nSPS) is 14.4. The maximum Gasteiger partial charge on any atom is 0.472 e. The van der Waals surface area contributed by atoms with Gasteiger partial charge in [0.05, 0.1) is 26.4 Å². The van der Waals surface area contributed by atoms with Crippen LogP contribution in [0.4, 0.5) is 0 Å². The van der Waals surface area contributed by atoms with Crippen LogP contribution in [-0.4, -0.2) is 96.7 Å². The molecule has 0 aromatic carbocycles. The van der Waals surface area contributed by atoms with E-state index >= 15 is 0 Å². The van der Waals surface area contributed by atoms with Gasteiger partial charge >= 0.3 is 39.5 Å². The highest BCUT2D eigenvalue weighted by Crippen LogP contribution is 2.45. The summed E-state index contributed by atoms with van der Waals surface area (Å²) in [5, 5.41) is 10.5. The van der Waals surface area contributed by atoms with Crippen molar-refractivity contribution in [2.24, 2.45) is 17.8 Å². The second kappa shape index (κ2) is 54.5. The molecule has 0 aromatic rings. The summed E-state index contributed by atoms with van der Waals surface area (Å²) in [6.07, 6.45) is 35.3. The van der Waals surface area contributed by atoms with Crippen LogP contribution in [0.15, 0.2) is 0 Å². The van der Waals surface area contributed by atoms with Crippen LogP contribution in [0.25, 0.3) is 0 Å². The molecule has 0 aliphatic heterocycles. The van der Waals surface area contributed by atoms with Crippen molar-refractivity contribution in [2.45, 2.75) is 324 Å². The molecule has 0 saturated carbocycles. The van der Waals surface area contributed by atoms with Crippen LogP contribution in [0, 0.1) is 17.8 Å². The molecule has 0 aliphatic rings. The standard InChI is InChI=1S/C63H122O17P2/c1-8-9-10-27-37-44-60(65)73-50-58(80-63(68)47-40-33-26-25-30-36-43-56(6)7)52-77-81(69,70)75-48-57(64)49-76-82(71,72)78-53-59(51-74-61(66)45-38-31-23-19-16-15-18-22-29-35-42-55(4)5)79-62(67)46-39-32-24-20-14-12-11-13-17-21-28-34-41-54(2)3/h54-59,64H,8-53H2,1-7H3,(H,69,70)(H,71,72)/t57-,58+,59+/m0/s1. The van der Waals surface area contributed by atoms with Crippen molar-refractivity contribution in [2.75, 3.05) is 39.6 Å². The molecule has 0 saturated heterocycles. The van der Waals surface area contributed by atoms with Crippen LogP contribution in [0.3, 0.4) is 0 Å². The number of carbonyl (C=O) groups is 4. The first kappa shape index (κ1) is 80.1. The Labute approximate surface area is 498 Å². The second-order valence-electron chi connectivity index (χ2n) is 24.2. The Morgan fingerprint density at radius 1 is 0.329 bits per heavy atom. The monoisotopic (exact) mass is 1210 g/mol. The minimum absolute atomic E-state index is 0.101. The maximum absolute atomic E-state index is 13.0. The van der Waals surface area contributed by atoms with Crippen molar-refractivity contribution in [1.29, 1.82) is 0 Å².